The monoisotopic (exact) mass is 828 g/mol. The van der Waals surface area contributed by atoms with Gasteiger partial charge in [0.15, 0.2) is 18.5 Å². The zero-order valence-electron chi connectivity index (χ0n) is 34.2. The fourth-order valence-corrected chi connectivity index (χ4v) is 8.33. The Hall–Kier alpha value is -4.11. The largest absolute Gasteiger partial charge is 0.456 e. The number of esters is 2. The third-order valence-corrected chi connectivity index (χ3v) is 11.3. The third-order valence-electron chi connectivity index (χ3n) is 10.1. The quantitative estimate of drug-likeness (QED) is 0.0814. The summed E-state index contributed by atoms with van der Waals surface area (Å²) in [7, 11) is 0. The van der Waals surface area contributed by atoms with Gasteiger partial charge < -0.3 is 42.6 Å². The van der Waals surface area contributed by atoms with Crippen molar-refractivity contribution in [1.29, 1.82) is 0 Å². The number of hydrogen-bond donors (Lipinski definition) is 0. The molecule has 0 aromatic heterocycles. The van der Waals surface area contributed by atoms with Crippen LogP contribution in [0.2, 0.25) is 0 Å². The maximum atomic E-state index is 12.9. The van der Waals surface area contributed by atoms with Crippen molar-refractivity contribution in [2.75, 3.05) is 19.0 Å². The molecule has 0 saturated carbocycles. The first kappa shape index (κ1) is 44.4. The van der Waals surface area contributed by atoms with Crippen LogP contribution in [-0.4, -0.2) is 85.4 Å². The molecule has 0 bridgehead atoms. The van der Waals surface area contributed by atoms with E-state index in [4.69, 9.17) is 42.6 Å². The lowest BCUT2D eigenvalue weighted by molar-refractivity contribution is -0.348. The summed E-state index contributed by atoms with van der Waals surface area (Å²) in [5.41, 5.74) is 3.63. The lowest BCUT2D eigenvalue weighted by Gasteiger charge is -2.49. The highest BCUT2D eigenvalue weighted by Gasteiger charge is 2.54. The Morgan fingerprint density at radius 1 is 0.542 bits per heavy atom. The Labute approximate surface area is 351 Å². The van der Waals surface area contributed by atoms with Gasteiger partial charge in [0.1, 0.15) is 29.9 Å². The van der Waals surface area contributed by atoms with Crippen molar-refractivity contribution in [2.24, 2.45) is 5.92 Å². The SMILES string of the molecule is CCSC1OC(COCc2ccccc2)[C@@H](OC2OC(COCc3ccccc3)[C@H](OC(C)=O)[C@H](OC(C)=O)[C@@H]2OCc2ccccc2)[C@H](OCc2ccccc2)[C@@H]1C. The molecule has 6 rings (SSSR count). The maximum Gasteiger partial charge on any atom is 0.303 e. The summed E-state index contributed by atoms with van der Waals surface area (Å²) in [6, 6.07) is 39.2. The van der Waals surface area contributed by atoms with E-state index in [1.807, 2.05) is 121 Å². The van der Waals surface area contributed by atoms with Crippen molar-refractivity contribution < 1.29 is 52.2 Å². The van der Waals surface area contributed by atoms with Gasteiger partial charge in [-0.15, -0.1) is 11.8 Å². The van der Waals surface area contributed by atoms with Gasteiger partial charge in [-0.3, -0.25) is 9.59 Å². The Morgan fingerprint density at radius 2 is 0.966 bits per heavy atom. The van der Waals surface area contributed by atoms with Crippen LogP contribution in [0.5, 0.6) is 0 Å². The zero-order chi connectivity index (χ0) is 41.4. The number of ether oxygens (including phenoxy) is 9. The summed E-state index contributed by atoms with van der Waals surface area (Å²) >= 11 is 1.70. The Balaban J connectivity index is 1.36. The zero-order valence-corrected chi connectivity index (χ0v) is 35.0. The topological polar surface area (TPSA) is 117 Å². The van der Waals surface area contributed by atoms with Gasteiger partial charge >= 0.3 is 11.9 Å². The Morgan fingerprint density at radius 3 is 1.42 bits per heavy atom. The molecule has 2 saturated heterocycles. The summed E-state index contributed by atoms with van der Waals surface area (Å²) in [5.74, 6) is -0.467. The fourth-order valence-electron chi connectivity index (χ4n) is 7.32. The average Bonchev–Trinajstić information content (AvgIpc) is 3.24. The van der Waals surface area contributed by atoms with Crippen molar-refractivity contribution in [2.45, 2.75) is 109 Å². The van der Waals surface area contributed by atoms with Crippen LogP contribution in [-0.2, 0) is 78.6 Å². The number of carbonyl (C=O) groups is 2. The highest BCUT2D eigenvalue weighted by atomic mass is 32.2. The second-order valence-corrected chi connectivity index (χ2v) is 16.0. The average molecular weight is 829 g/mol. The van der Waals surface area contributed by atoms with Gasteiger partial charge in [-0.1, -0.05) is 135 Å². The second-order valence-electron chi connectivity index (χ2n) is 14.7. The van der Waals surface area contributed by atoms with Crippen molar-refractivity contribution in [3.63, 3.8) is 0 Å². The van der Waals surface area contributed by atoms with Crippen LogP contribution in [0.15, 0.2) is 121 Å². The van der Waals surface area contributed by atoms with Gasteiger partial charge in [0.05, 0.1) is 45.7 Å². The second kappa shape index (κ2) is 23.0. The van der Waals surface area contributed by atoms with E-state index in [-0.39, 0.29) is 37.8 Å². The lowest BCUT2D eigenvalue weighted by Crippen LogP contribution is -2.65. The van der Waals surface area contributed by atoms with Crippen molar-refractivity contribution in [3.8, 4) is 0 Å². The van der Waals surface area contributed by atoms with E-state index in [0.29, 0.717) is 13.2 Å². The van der Waals surface area contributed by atoms with Crippen LogP contribution in [0.3, 0.4) is 0 Å². The molecular weight excluding hydrogens is 773 g/mol. The molecule has 0 radical (unpaired) electrons. The predicted octanol–water partition coefficient (Wildman–Crippen LogP) is 7.68. The summed E-state index contributed by atoms with van der Waals surface area (Å²) in [6.07, 6.45) is -7.23. The predicted molar refractivity (Wildman–Crippen MR) is 223 cm³/mol. The molecule has 4 aromatic rings. The number of rotatable bonds is 20. The Kier molecular flexibility index (Phi) is 17.4. The molecule has 10 atom stereocenters. The van der Waals surface area contributed by atoms with Crippen LogP contribution in [0.25, 0.3) is 0 Å². The molecule has 59 heavy (non-hydrogen) atoms. The summed E-state index contributed by atoms with van der Waals surface area (Å²) in [5, 5.41) is 0. The van der Waals surface area contributed by atoms with Gasteiger partial charge in [-0.05, 0) is 28.0 Å². The van der Waals surface area contributed by atoms with E-state index < -0.39 is 61.0 Å². The molecular formula is C47H56O11S. The van der Waals surface area contributed by atoms with E-state index in [1.54, 1.807) is 11.8 Å². The van der Waals surface area contributed by atoms with E-state index in [0.717, 1.165) is 28.0 Å². The molecule has 0 spiro atoms. The molecule has 11 nitrogen and oxygen atoms in total. The van der Waals surface area contributed by atoms with Crippen LogP contribution in [0.1, 0.15) is 49.9 Å². The van der Waals surface area contributed by atoms with Gasteiger partial charge in [0.25, 0.3) is 0 Å². The first-order valence-corrected chi connectivity index (χ1v) is 21.3. The van der Waals surface area contributed by atoms with Crippen molar-refractivity contribution in [1.82, 2.24) is 0 Å². The summed E-state index contributed by atoms with van der Waals surface area (Å²) < 4.78 is 58.7. The minimum atomic E-state index is -1.17. The highest BCUT2D eigenvalue weighted by molar-refractivity contribution is 7.99. The first-order valence-electron chi connectivity index (χ1n) is 20.3. The molecule has 2 aliphatic heterocycles. The summed E-state index contributed by atoms with van der Waals surface area (Å²) in [4.78, 5) is 25.6. The number of carbonyl (C=O) groups excluding carboxylic acids is 2. The van der Waals surface area contributed by atoms with E-state index in [9.17, 15) is 9.59 Å². The smallest absolute Gasteiger partial charge is 0.303 e. The van der Waals surface area contributed by atoms with Crippen LogP contribution in [0, 0.1) is 5.92 Å². The normalized spacial score (nSPS) is 26.8. The van der Waals surface area contributed by atoms with Crippen LogP contribution >= 0.6 is 11.8 Å². The highest BCUT2D eigenvalue weighted by Crippen LogP contribution is 2.39. The van der Waals surface area contributed by atoms with Crippen molar-refractivity contribution in [3.05, 3.63) is 144 Å². The molecule has 2 aliphatic rings. The van der Waals surface area contributed by atoms with Crippen LogP contribution in [0.4, 0.5) is 0 Å². The molecule has 4 aromatic carbocycles. The number of hydrogen-bond acceptors (Lipinski definition) is 12. The fraction of sp³-hybridized carbons (Fsp3) is 0.447. The van der Waals surface area contributed by atoms with Gasteiger partial charge in [-0.25, -0.2) is 0 Å². The van der Waals surface area contributed by atoms with E-state index >= 15 is 0 Å². The van der Waals surface area contributed by atoms with Crippen molar-refractivity contribution >= 4 is 23.7 Å². The molecule has 316 valence electrons. The Bertz CT molecular complexity index is 1820. The summed E-state index contributed by atoms with van der Waals surface area (Å²) in [6.45, 7) is 8.07. The lowest BCUT2D eigenvalue weighted by atomic mass is 9.92. The minimum absolute atomic E-state index is 0.0137. The molecule has 4 unspecified atom stereocenters. The molecule has 12 heteroatoms. The maximum absolute atomic E-state index is 12.9. The van der Waals surface area contributed by atoms with E-state index in [1.165, 1.54) is 13.8 Å². The standard InChI is InChI=1S/C47H56O11S/c1-5-59-47-32(2)41(52-28-37-22-14-8-15-23-37)42(40(57-47)31-51-27-36-20-12-7-13-21-36)58-46-45(53-29-38-24-16-9-17-25-38)44(55-34(4)49)43(54-33(3)48)39(56-46)30-50-26-35-18-10-6-11-19-35/h6-25,32,39-47H,5,26-31H2,1-4H3/t32-,39?,40?,41+,42+,43-,44-,45-,46?,47?/m0/s1. The first-order chi connectivity index (χ1) is 28.8. The third kappa shape index (κ3) is 13.2. The molecule has 0 N–H and O–H groups in total. The molecule has 0 aliphatic carbocycles. The molecule has 2 fully saturated rings. The van der Waals surface area contributed by atoms with Gasteiger partial charge in [-0.2, -0.15) is 0 Å². The minimum Gasteiger partial charge on any atom is -0.456 e. The molecule has 0 amide bonds. The van der Waals surface area contributed by atoms with Gasteiger partial charge in [0, 0.05) is 19.8 Å². The van der Waals surface area contributed by atoms with Gasteiger partial charge in [0.2, 0.25) is 0 Å². The van der Waals surface area contributed by atoms with E-state index in [2.05, 4.69) is 13.8 Å². The number of thioether (sulfide) groups is 1. The van der Waals surface area contributed by atoms with Crippen LogP contribution < -0.4 is 0 Å². The molecule has 2 heterocycles. The number of benzene rings is 4.